The van der Waals surface area contributed by atoms with E-state index in [1.54, 1.807) is 7.11 Å². The Morgan fingerprint density at radius 2 is 2.20 bits per heavy atom. The van der Waals surface area contributed by atoms with Gasteiger partial charge in [-0.1, -0.05) is 0 Å². The molecule has 0 saturated carbocycles. The molecule has 1 saturated heterocycles. The second kappa shape index (κ2) is 4.94. The van der Waals surface area contributed by atoms with Gasteiger partial charge in [-0.2, -0.15) is 0 Å². The average molecular weight is 272 g/mol. The smallest absolute Gasteiger partial charge is 0.136 e. The van der Waals surface area contributed by atoms with Gasteiger partial charge in [-0.15, -0.1) is 0 Å². The van der Waals surface area contributed by atoms with Gasteiger partial charge in [0.15, 0.2) is 0 Å². The topological polar surface area (TPSA) is 45.6 Å². The molecule has 20 heavy (non-hydrogen) atoms. The highest BCUT2D eigenvalue weighted by molar-refractivity contribution is 5.93. The Hall–Kier alpha value is -1.81. The van der Waals surface area contributed by atoms with Crippen LogP contribution in [0.25, 0.3) is 10.8 Å². The molecule has 106 valence electrons. The molecule has 4 nitrogen and oxygen atoms in total. The maximum Gasteiger partial charge on any atom is 0.136 e. The Kier molecular flexibility index (Phi) is 3.26. The molecule has 2 heterocycles. The lowest BCUT2D eigenvalue weighted by Crippen LogP contribution is -2.46. The minimum absolute atomic E-state index is 0.630. The number of hydrogen-bond acceptors (Lipinski definition) is 4. The van der Waals surface area contributed by atoms with Crippen LogP contribution in [0.2, 0.25) is 0 Å². The number of methoxy groups -OCH3 is 1. The van der Waals surface area contributed by atoms with Crippen LogP contribution >= 0.6 is 0 Å². The number of rotatable bonds is 2. The number of piperidine rings is 1. The average Bonchev–Trinajstić information content (AvgIpc) is 2.45. The van der Waals surface area contributed by atoms with Gasteiger partial charge in [0.2, 0.25) is 0 Å². The minimum atomic E-state index is -0.630. The molecule has 1 aliphatic rings. The normalized spacial score (nSPS) is 23.1. The van der Waals surface area contributed by atoms with Crippen molar-refractivity contribution in [2.75, 3.05) is 25.1 Å². The molecular formula is C16H20N2O2. The van der Waals surface area contributed by atoms with Crippen molar-refractivity contribution >= 4 is 16.6 Å². The molecule has 1 atom stereocenters. The van der Waals surface area contributed by atoms with Crippen LogP contribution in [0.1, 0.15) is 19.8 Å². The molecule has 2 aromatic rings. The largest absolute Gasteiger partial charge is 0.497 e. The summed E-state index contributed by atoms with van der Waals surface area (Å²) >= 11 is 0. The summed E-state index contributed by atoms with van der Waals surface area (Å²) in [5.41, 5.74) is -0.630. The number of benzene rings is 1. The van der Waals surface area contributed by atoms with Gasteiger partial charge in [0.1, 0.15) is 11.6 Å². The van der Waals surface area contributed by atoms with Gasteiger partial charge >= 0.3 is 0 Å². The van der Waals surface area contributed by atoms with Crippen LogP contribution in [0.5, 0.6) is 5.75 Å². The van der Waals surface area contributed by atoms with E-state index in [0.29, 0.717) is 6.54 Å². The maximum atomic E-state index is 10.3. The van der Waals surface area contributed by atoms with E-state index in [4.69, 9.17) is 4.74 Å². The zero-order valence-corrected chi connectivity index (χ0v) is 12.0. The number of aromatic nitrogens is 1. The number of pyridine rings is 1. The molecular weight excluding hydrogens is 252 g/mol. The predicted molar refractivity (Wildman–Crippen MR) is 80.4 cm³/mol. The number of aliphatic hydroxyl groups is 1. The Balaban J connectivity index is 2.03. The number of ether oxygens (including phenoxy) is 1. The van der Waals surface area contributed by atoms with E-state index in [2.05, 4.69) is 9.88 Å². The van der Waals surface area contributed by atoms with Gasteiger partial charge in [-0.3, -0.25) is 0 Å². The van der Waals surface area contributed by atoms with Crippen LogP contribution < -0.4 is 9.64 Å². The molecule has 0 bridgehead atoms. The third kappa shape index (κ3) is 2.43. The quantitative estimate of drug-likeness (QED) is 0.912. The summed E-state index contributed by atoms with van der Waals surface area (Å²) in [6.45, 7) is 3.47. The number of anilines is 1. The van der Waals surface area contributed by atoms with Crippen molar-refractivity contribution in [1.82, 2.24) is 4.98 Å². The Morgan fingerprint density at radius 3 is 2.95 bits per heavy atom. The van der Waals surface area contributed by atoms with Gasteiger partial charge < -0.3 is 14.7 Å². The van der Waals surface area contributed by atoms with Crippen LogP contribution in [0.3, 0.4) is 0 Å². The molecule has 1 aromatic carbocycles. The van der Waals surface area contributed by atoms with Crippen molar-refractivity contribution in [1.29, 1.82) is 0 Å². The van der Waals surface area contributed by atoms with Crippen LogP contribution in [0.15, 0.2) is 30.5 Å². The molecule has 4 heteroatoms. The third-order valence-electron chi connectivity index (χ3n) is 3.92. The van der Waals surface area contributed by atoms with E-state index in [0.717, 1.165) is 41.7 Å². The van der Waals surface area contributed by atoms with E-state index in [9.17, 15) is 5.11 Å². The molecule has 1 N–H and O–H groups in total. The molecule has 1 aromatic heterocycles. The summed E-state index contributed by atoms with van der Waals surface area (Å²) in [6.07, 6.45) is 3.66. The van der Waals surface area contributed by atoms with Crippen molar-refractivity contribution in [3.63, 3.8) is 0 Å². The van der Waals surface area contributed by atoms with Crippen molar-refractivity contribution < 1.29 is 9.84 Å². The van der Waals surface area contributed by atoms with Gasteiger partial charge in [-0.05, 0) is 49.4 Å². The standard InChI is InChI=1S/C16H20N2O2/c1-16(19)7-3-9-18(11-16)15-14-5-4-13(20-2)10-12(14)6-8-17-15/h4-6,8,10,19H,3,7,9,11H2,1-2H3. The van der Waals surface area contributed by atoms with Gasteiger partial charge in [0.25, 0.3) is 0 Å². The van der Waals surface area contributed by atoms with Crippen LogP contribution in [-0.2, 0) is 0 Å². The fraction of sp³-hybridized carbons (Fsp3) is 0.438. The Bertz CT molecular complexity index is 625. The summed E-state index contributed by atoms with van der Waals surface area (Å²) in [6, 6.07) is 8.00. The highest BCUT2D eigenvalue weighted by Gasteiger charge is 2.29. The zero-order valence-electron chi connectivity index (χ0n) is 12.0. The fourth-order valence-electron chi connectivity index (χ4n) is 2.92. The van der Waals surface area contributed by atoms with E-state index in [1.165, 1.54) is 0 Å². The summed E-state index contributed by atoms with van der Waals surface area (Å²) in [7, 11) is 1.67. The van der Waals surface area contributed by atoms with Crippen LogP contribution in [0.4, 0.5) is 5.82 Å². The molecule has 1 aliphatic heterocycles. The van der Waals surface area contributed by atoms with Crippen molar-refractivity contribution in [2.45, 2.75) is 25.4 Å². The predicted octanol–water partition coefficient (Wildman–Crippen LogP) is 2.59. The van der Waals surface area contributed by atoms with Crippen LogP contribution in [-0.4, -0.2) is 35.9 Å². The van der Waals surface area contributed by atoms with Gasteiger partial charge in [-0.25, -0.2) is 4.98 Å². The second-order valence-corrected chi connectivity index (χ2v) is 5.74. The van der Waals surface area contributed by atoms with E-state index in [-0.39, 0.29) is 0 Å². The van der Waals surface area contributed by atoms with Crippen molar-refractivity contribution in [2.24, 2.45) is 0 Å². The Morgan fingerprint density at radius 1 is 1.35 bits per heavy atom. The lowest BCUT2D eigenvalue weighted by Gasteiger charge is -2.38. The first kappa shape index (κ1) is 13.2. The number of hydrogen-bond donors (Lipinski definition) is 1. The first-order valence-electron chi connectivity index (χ1n) is 6.99. The summed E-state index contributed by atoms with van der Waals surface area (Å²) in [5, 5.41) is 12.5. The molecule has 1 fully saturated rings. The number of β-amino-alcohol motifs (C(OH)–C–C–N with tert-alkyl or cyclic N) is 1. The highest BCUT2D eigenvalue weighted by Crippen LogP contribution is 2.31. The summed E-state index contributed by atoms with van der Waals surface area (Å²) in [5.74, 6) is 1.80. The van der Waals surface area contributed by atoms with Crippen molar-refractivity contribution in [3.05, 3.63) is 30.5 Å². The first-order valence-corrected chi connectivity index (χ1v) is 6.99. The zero-order chi connectivity index (χ0) is 14.2. The first-order chi connectivity index (χ1) is 9.59. The van der Waals surface area contributed by atoms with E-state index >= 15 is 0 Å². The molecule has 3 rings (SSSR count). The maximum absolute atomic E-state index is 10.3. The SMILES string of the molecule is COc1ccc2c(N3CCCC(C)(O)C3)nccc2c1. The molecule has 0 amide bonds. The molecule has 1 unspecified atom stereocenters. The van der Waals surface area contributed by atoms with Crippen molar-refractivity contribution in [3.8, 4) is 5.75 Å². The van der Waals surface area contributed by atoms with E-state index in [1.807, 2.05) is 37.4 Å². The lowest BCUT2D eigenvalue weighted by molar-refractivity contribution is 0.0448. The minimum Gasteiger partial charge on any atom is -0.497 e. The number of nitrogens with zero attached hydrogens (tertiary/aromatic N) is 2. The lowest BCUT2D eigenvalue weighted by atomic mass is 9.95. The molecule has 0 aliphatic carbocycles. The van der Waals surface area contributed by atoms with Gasteiger partial charge in [0.05, 0.1) is 12.7 Å². The van der Waals surface area contributed by atoms with Gasteiger partial charge in [0, 0.05) is 24.7 Å². The molecule has 0 spiro atoms. The summed E-state index contributed by atoms with van der Waals surface area (Å²) in [4.78, 5) is 6.70. The molecule has 0 radical (unpaired) electrons. The fourth-order valence-corrected chi connectivity index (χ4v) is 2.92. The third-order valence-corrected chi connectivity index (χ3v) is 3.92. The Labute approximate surface area is 119 Å². The highest BCUT2D eigenvalue weighted by atomic mass is 16.5. The van der Waals surface area contributed by atoms with E-state index < -0.39 is 5.60 Å². The monoisotopic (exact) mass is 272 g/mol. The second-order valence-electron chi connectivity index (χ2n) is 5.74. The van der Waals surface area contributed by atoms with Crippen LogP contribution in [0, 0.1) is 0 Å². The number of fused-ring (bicyclic) bond motifs is 1. The summed E-state index contributed by atoms with van der Waals surface area (Å²) < 4.78 is 5.27.